The van der Waals surface area contributed by atoms with Gasteiger partial charge in [0.1, 0.15) is 5.82 Å². The minimum Gasteiger partial charge on any atom is -0.461 e. The van der Waals surface area contributed by atoms with E-state index in [-0.39, 0.29) is 0 Å². The third-order valence-corrected chi connectivity index (χ3v) is 5.39. The van der Waals surface area contributed by atoms with Crippen LogP contribution < -0.4 is 10.2 Å². The molecule has 8 heteroatoms. The highest BCUT2D eigenvalue weighted by Gasteiger charge is 2.21. The number of piperazine rings is 1. The van der Waals surface area contributed by atoms with Crippen LogP contribution in [0, 0.1) is 13.8 Å². The highest BCUT2D eigenvalue weighted by atomic mass is 16.3. The molecule has 1 aliphatic heterocycles. The van der Waals surface area contributed by atoms with Crippen molar-refractivity contribution in [2.24, 2.45) is 4.99 Å². The average Bonchev–Trinajstić information content (AvgIpc) is 3.43. The highest BCUT2D eigenvalue weighted by Crippen LogP contribution is 2.23. The first-order chi connectivity index (χ1) is 14.2. The molecule has 0 amide bonds. The monoisotopic (exact) mass is 393 g/mol. The number of furan rings is 1. The molecule has 0 spiro atoms. The van der Waals surface area contributed by atoms with Crippen LogP contribution in [0.5, 0.6) is 0 Å². The summed E-state index contributed by atoms with van der Waals surface area (Å²) in [5.41, 5.74) is 4.03. The van der Waals surface area contributed by atoms with Gasteiger partial charge in [0.25, 0.3) is 0 Å². The Hall–Kier alpha value is -3.29. The second-order valence-electron chi connectivity index (χ2n) is 7.18. The maximum atomic E-state index is 5.34. The van der Waals surface area contributed by atoms with Gasteiger partial charge in [0.15, 0.2) is 11.7 Å². The van der Waals surface area contributed by atoms with E-state index >= 15 is 0 Å². The first kappa shape index (κ1) is 19.0. The molecule has 1 saturated heterocycles. The Labute approximate surface area is 170 Å². The zero-order valence-electron chi connectivity index (χ0n) is 17.1. The van der Waals surface area contributed by atoms with Crippen molar-refractivity contribution in [3.8, 4) is 11.6 Å². The van der Waals surface area contributed by atoms with Crippen LogP contribution >= 0.6 is 0 Å². The Balaban J connectivity index is 1.33. The number of guanidine groups is 1. The summed E-state index contributed by atoms with van der Waals surface area (Å²) in [5, 5.41) is 10.5. The van der Waals surface area contributed by atoms with Crippen molar-refractivity contribution in [2.45, 2.75) is 20.4 Å². The zero-order chi connectivity index (χ0) is 20.2. The van der Waals surface area contributed by atoms with Crippen LogP contribution in [0.1, 0.15) is 17.0 Å². The van der Waals surface area contributed by atoms with Gasteiger partial charge in [0, 0.05) is 38.9 Å². The number of hydrogen-bond acceptors (Lipinski definition) is 5. The van der Waals surface area contributed by atoms with Crippen molar-refractivity contribution in [2.75, 3.05) is 38.1 Å². The van der Waals surface area contributed by atoms with Crippen molar-refractivity contribution < 1.29 is 4.42 Å². The number of aromatic nitrogens is 3. The number of benzene rings is 1. The lowest BCUT2D eigenvalue weighted by Gasteiger charge is -2.38. The third kappa shape index (κ3) is 4.11. The number of anilines is 1. The molecular weight excluding hydrogens is 366 g/mol. The number of nitrogens with zero attached hydrogens (tertiary/aromatic N) is 5. The topological polar surface area (TPSA) is 85.6 Å². The summed E-state index contributed by atoms with van der Waals surface area (Å²) in [6.45, 7) is 8.67. The Bertz CT molecular complexity index is 969. The molecule has 8 nitrogen and oxygen atoms in total. The van der Waals surface area contributed by atoms with Crippen molar-refractivity contribution in [1.82, 2.24) is 25.4 Å². The van der Waals surface area contributed by atoms with E-state index in [9.17, 15) is 0 Å². The number of aliphatic imine (C=N–C) groups is 1. The first-order valence-electron chi connectivity index (χ1n) is 9.87. The molecule has 1 aromatic carbocycles. The average molecular weight is 393 g/mol. The molecule has 0 radical (unpaired) electrons. The molecule has 0 atom stereocenters. The van der Waals surface area contributed by atoms with Gasteiger partial charge in [-0.1, -0.05) is 12.1 Å². The van der Waals surface area contributed by atoms with Gasteiger partial charge in [-0.2, -0.15) is 0 Å². The molecule has 3 aromatic rings. The lowest BCUT2D eigenvalue weighted by Crippen LogP contribution is -2.52. The van der Waals surface area contributed by atoms with Crippen LogP contribution in [0.4, 0.5) is 5.69 Å². The highest BCUT2D eigenvalue weighted by molar-refractivity contribution is 5.80. The maximum Gasteiger partial charge on any atom is 0.216 e. The predicted octanol–water partition coefficient (Wildman–Crippen LogP) is 2.58. The van der Waals surface area contributed by atoms with Crippen LogP contribution in [0.2, 0.25) is 0 Å². The Morgan fingerprint density at radius 3 is 2.72 bits per heavy atom. The molecule has 4 rings (SSSR count). The molecule has 3 heterocycles. The molecule has 2 N–H and O–H groups in total. The van der Waals surface area contributed by atoms with Gasteiger partial charge < -0.3 is 19.5 Å². The van der Waals surface area contributed by atoms with Crippen LogP contribution in [0.25, 0.3) is 11.6 Å². The molecule has 1 fully saturated rings. The third-order valence-electron chi connectivity index (χ3n) is 5.39. The van der Waals surface area contributed by atoms with E-state index in [0.717, 1.165) is 38.0 Å². The number of aryl methyl sites for hydroxylation is 1. The van der Waals surface area contributed by atoms with E-state index in [4.69, 9.17) is 4.42 Å². The SMILES string of the molecule is CN=C(NCc1nc(-c2ccco2)n[nH]1)N1CCN(c2cccc(C)c2C)CC1. The summed E-state index contributed by atoms with van der Waals surface area (Å²) in [6.07, 6.45) is 1.61. The zero-order valence-corrected chi connectivity index (χ0v) is 17.1. The van der Waals surface area contributed by atoms with E-state index in [1.807, 2.05) is 19.2 Å². The van der Waals surface area contributed by atoms with Crippen LogP contribution in [-0.4, -0.2) is 59.3 Å². The number of rotatable bonds is 4. The Morgan fingerprint density at radius 1 is 1.17 bits per heavy atom. The molecule has 29 heavy (non-hydrogen) atoms. The van der Waals surface area contributed by atoms with E-state index in [1.54, 1.807) is 6.26 Å². The largest absolute Gasteiger partial charge is 0.461 e. The number of H-pyrrole nitrogens is 1. The second kappa shape index (κ2) is 8.38. The lowest BCUT2D eigenvalue weighted by molar-refractivity contribution is 0.372. The predicted molar refractivity (Wildman–Crippen MR) is 114 cm³/mol. The molecule has 152 valence electrons. The lowest BCUT2D eigenvalue weighted by atomic mass is 10.1. The van der Waals surface area contributed by atoms with Crippen molar-refractivity contribution >= 4 is 11.6 Å². The molecular formula is C21H27N7O. The minimum absolute atomic E-state index is 0.525. The minimum atomic E-state index is 0.525. The summed E-state index contributed by atoms with van der Waals surface area (Å²) in [6, 6.07) is 10.2. The smallest absolute Gasteiger partial charge is 0.216 e. The molecule has 0 aliphatic carbocycles. The Kier molecular flexibility index (Phi) is 5.50. The maximum absolute atomic E-state index is 5.34. The Morgan fingerprint density at radius 2 is 2.00 bits per heavy atom. The van der Waals surface area contributed by atoms with Gasteiger partial charge in [-0.05, 0) is 43.2 Å². The van der Waals surface area contributed by atoms with Crippen molar-refractivity contribution in [3.05, 3.63) is 53.5 Å². The number of aromatic amines is 1. The fourth-order valence-electron chi connectivity index (χ4n) is 3.62. The summed E-state index contributed by atoms with van der Waals surface area (Å²) < 4.78 is 5.34. The van der Waals surface area contributed by atoms with Crippen molar-refractivity contribution in [3.63, 3.8) is 0 Å². The van der Waals surface area contributed by atoms with Gasteiger partial charge in [-0.25, -0.2) is 4.98 Å². The van der Waals surface area contributed by atoms with Gasteiger partial charge >= 0.3 is 0 Å². The summed E-state index contributed by atoms with van der Waals surface area (Å²) >= 11 is 0. The van der Waals surface area contributed by atoms with Gasteiger partial charge in [0.2, 0.25) is 5.82 Å². The van der Waals surface area contributed by atoms with Crippen LogP contribution in [-0.2, 0) is 6.54 Å². The van der Waals surface area contributed by atoms with Crippen molar-refractivity contribution in [1.29, 1.82) is 0 Å². The molecule has 0 saturated carbocycles. The molecule has 2 aromatic heterocycles. The summed E-state index contributed by atoms with van der Waals surface area (Å²) in [7, 11) is 1.81. The van der Waals surface area contributed by atoms with Crippen LogP contribution in [0.15, 0.2) is 46.0 Å². The quantitative estimate of drug-likeness (QED) is 0.523. The fraction of sp³-hybridized carbons (Fsp3) is 0.381. The summed E-state index contributed by atoms with van der Waals surface area (Å²) in [5.74, 6) is 2.83. The standard InChI is InChI=1S/C21H27N7O/c1-15-6-4-7-17(16(15)2)27-9-11-28(12-10-27)21(22-3)23-14-19-24-20(26-25-19)18-8-5-13-29-18/h4-8,13H,9-12,14H2,1-3H3,(H,22,23)(H,24,25,26). The van der Waals surface area contributed by atoms with Crippen LogP contribution in [0.3, 0.4) is 0 Å². The normalized spacial score (nSPS) is 15.1. The van der Waals surface area contributed by atoms with Gasteiger partial charge in [0.05, 0.1) is 12.8 Å². The number of hydrogen-bond donors (Lipinski definition) is 2. The second-order valence-corrected chi connectivity index (χ2v) is 7.18. The molecule has 0 unspecified atom stereocenters. The number of nitrogens with one attached hydrogen (secondary N) is 2. The first-order valence-corrected chi connectivity index (χ1v) is 9.87. The fourth-order valence-corrected chi connectivity index (χ4v) is 3.62. The van der Waals surface area contributed by atoms with E-state index < -0.39 is 0 Å². The molecule has 0 bridgehead atoms. The van der Waals surface area contributed by atoms with Gasteiger partial charge in [-0.3, -0.25) is 10.1 Å². The van der Waals surface area contributed by atoms with E-state index in [0.29, 0.717) is 18.1 Å². The molecule has 1 aliphatic rings. The summed E-state index contributed by atoms with van der Waals surface area (Å²) in [4.78, 5) is 13.7. The van der Waals surface area contributed by atoms with E-state index in [1.165, 1.54) is 16.8 Å². The van der Waals surface area contributed by atoms with Gasteiger partial charge in [-0.15, -0.1) is 5.10 Å². The van der Waals surface area contributed by atoms with E-state index in [2.05, 4.69) is 67.3 Å².